The zero-order chi connectivity index (χ0) is 15.2. The van der Waals surface area contributed by atoms with Crippen molar-refractivity contribution in [2.45, 2.75) is 31.5 Å². The van der Waals surface area contributed by atoms with Gasteiger partial charge in [0.25, 0.3) is 10.0 Å². The van der Waals surface area contributed by atoms with Crippen LogP contribution in [0, 0.1) is 0 Å². The number of methoxy groups -OCH3 is 1. The molecule has 0 aliphatic carbocycles. The molecule has 1 N–H and O–H groups in total. The lowest BCUT2D eigenvalue weighted by Gasteiger charge is -2.16. The van der Waals surface area contributed by atoms with Gasteiger partial charge in [0.05, 0.1) is 6.61 Å². The zero-order valence-electron chi connectivity index (χ0n) is 12.5. The highest BCUT2D eigenvalue weighted by Crippen LogP contribution is 2.12. The maximum atomic E-state index is 12.2. The summed E-state index contributed by atoms with van der Waals surface area (Å²) in [6, 6.07) is 3.69. The molecular weight excluding hydrogens is 278 g/mol. The Hall–Kier alpha value is -1.02. The number of hydrogen-bond acceptors (Lipinski definition) is 5. The van der Waals surface area contributed by atoms with Crippen LogP contribution >= 0.6 is 0 Å². The van der Waals surface area contributed by atoms with Crippen LogP contribution in [0.15, 0.2) is 23.4 Å². The molecule has 0 aliphatic heterocycles. The molecule has 0 spiro atoms. The van der Waals surface area contributed by atoms with Gasteiger partial charge in [-0.05, 0) is 11.6 Å². The van der Waals surface area contributed by atoms with Gasteiger partial charge in [-0.2, -0.15) is 4.31 Å². The van der Waals surface area contributed by atoms with E-state index in [2.05, 4.69) is 24.1 Å². The van der Waals surface area contributed by atoms with E-state index < -0.39 is 10.0 Å². The summed E-state index contributed by atoms with van der Waals surface area (Å²) in [5, 5.41) is 3.31. The third-order valence-corrected chi connectivity index (χ3v) is 4.57. The summed E-state index contributed by atoms with van der Waals surface area (Å²) < 4.78 is 30.5. The molecule has 7 heteroatoms. The second kappa shape index (κ2) is 7.68. The van der Waals surface area contributed by atoms with Gasteiger partial charge in [-0.1, -0.05) is 19.9 Å². The Morgan fingerprint density at radius 1 is 1.40 bits per heavy atom. The van der Waals surface area contributed by atoms with E-state index in [4.69, 9.17) is 4.74 Å². The molecule has 0 unspecified atom stereocenters. The van der Waals surface area contributed by atoms with E-state index >= 15 is 0 Å². The zero-order valence-corrected chi connectivity index (χ0v) is 13.3. The van der Waals surface area contributed by atoms with Crippen LogP contribution in [-0.4, -0.2) is 51.1 Å². The predicted molar refractivity (Wildman–Crippen MR) is 77.9 cm³/mol. The monoisotopic (exact) mass is 301 g/mol. The van der Waals surface area contributed by atoms with Gasteiger partial charge in [0, 0.05) is 39.5 Å². The molecule has 0 saturated heterocycles. The molecule has 114 valence electrons. The van der Waals surface area contributed by atoms with Crippen LogP contribution in [0.3, 0.4) is 0 Å². The largest absolute Gasteiger partial charge is 0.383 e. The molecule has 20 heavy (non-hydrogen) atoms. The third-order valence-electron chi connectivity index (χ3n) is 2.80. The molecule has 0 aromatic carbocycles. The van der Waals surface area contributed by atoms with Crippen LogP contribution in [-0.2, 0) is 21.3 Å². The number of nitrogens with zero attached hydrogens (tertiary/aromatic N) is 2. The molecule has 0 radical (unpaired) electrons. The van der Waals surface area contributed by atoms with E-state index in [1.54, 1.807) is 12.3 Å². The molecule has 0 amide bonds. The number of ether oxygens (including phenoxy) is 1. The van der Waals surface area contributed by atoms with Gasteiger partial charge in [-0.15, -0.1) is 0 Å². The fourth-order valence-corrected chi connectivity index (χ4v) is 2.55. The predicted octanol–water partition coefficient (Wildman–Crippen LogP) is 0.846. The van der Waals surface area contributed by atoms with Gasteiger partial charge in [0.15, 0.2) is 5.03 Å². The first-order valence-electron chi connectivity index (χ1n) is 6.51. The Kier molecular flexibility index (Phi) is 6.54. The van der Waals surface area contributed by atoms with Crippen molar-refractivity contribution in [2.75, 3.05) is 27.3 Å². The van der Waals surface area contributed by atoms with Crippen molar-refractivity contribution in [1.82, 2.24) is 14.6 Å². The van der Waals surface area contributed by atoms with Crippen molar-refractivity contribution in [3.8, 4) is 0 Å². The van der Waals surface area contributed by atoms with Crippen LogP contribution in [0.25, 0.3) is 0 Å². The van der Waals surface area contributed by atoms with Crippen LogP contribution in [0.1, 0.15) is 19.4 Å². The normalized spacial score (nSPS) is 12.3. The Morgan fingerprint density at radius 2 is 2.10 bits per heavy atom. The Bertz CT molecular complexity index is 500. The van der Waals surface area contributed by atoms with Crippen molar-refractivity contribution in [2.24, 2.45) is 0 Å². The van der Waals surface area contributed by atoms with E-state index in [1.165, 1.54) is 24.5 Å². The maximum Gasteiger partial charge on any atom is 0.260 e. The van der Waals surface area contributed by atoms with Gasteiger partial charge in [-0.25, -0.2) is 13.4 Å². The second-order valence-corrected chi connectivity index (χ2v) is 6.85. The third kappa shape index (κ3) is 4.82. The Balaban J connectivity index is 2.76. The molecule has 0 bridgehead atoms. The number of nitrogens with one attached hydrogen (secondary N) is 1. The smallest absolute Gasteiger partial charge is 0.260 e. The highest BCUT2D eigenvalue weighted by atomic mass is 32.2. The number of sulfonamides is 1. The number of pyridine rings is 1. The van der Waals surface area contributed by atoms with E-state index in [0.29, 0.717) is 25.7 Å². The molecular formula is C13H23N3O3S. The lowest BCUT2D eigenvalue weighted by atomic mass is 10.2. The summed E-state index contributed by atoms with van der Waals surface area (Å²) in [5.74, 6) is 0. The average molecular weight is 301 g/mol. The quantitative estimate of drug-likeness (QED) is 0.770. The second-order valence-electron chi connectivity index (χ2n) is 4.86. The van der Waals surface area contributed by atoms with Crippen LogP contribution in [0.2, 0.25) is 0 Å². The highest BCUT2D eigenvalue weighted by molar-refractivity contribution is 7.89. The lowest BCUT2D eigenvalue weighted by molar-refractivity contribution is 0.185. The van der Waals surface area contributed by atoms with Crippen molar-refractivity contribution < 1.29 is 13.2 Å². The van der Waals surface area contributed by atoms with E-state index in [9.17, 15) is 8.42 Å². The molecule has 6 nitrogen and oxygen atoms in total. The summed E-state index contributed by atoms with van der Waals surface area (Å²) in [7, 11) is -0.482. The van der Waals surface area contributed by atoms with Crippen molar-refractivity contribution in [3.63, 3.8) is 0 Å². The van der Waals surface area contributed by atoms with Crippen molar-refractivity contribution >= 4 is 10.0 Å². The molecule has 0 saturated carbocycles. The number of aromatic nitrogens is 1. The summed E-state index contributed by atoms with van der Waals surface area (Å²) in [6.07, 6.45) is 1.59. The molecule has 0 atom stereocenters. The fourth-order valence-electron chi connectivity index (χ4n) is 1.49. The van der Waals surface area contributed by atoms with Crippen LogP contribution in [0.5, 0.6) is 0 Å². The van der Waals surface area contributed by atoms with E-state index in [0.717, 1.165) is 5.56 Å². The highest BCUT2D eigenvalue weighted by Gasteiger charge is 2.21. The lowest BCUT2D eigenvalue weighted by Crippen LogP contribution is -2.30. The summed E-state index contributed by atoms with van der Waals surface area (Å²) >= 11 is 0. The first-order chi connectivity index (χ1) is 9.37. The molecule has 1 aromatic heterocycles. The number of rotatable bonds is 8. The number of likely N-dealkylation sites (N-methyl/N-ethyl adjacent to an activating group) is 1. The molecule has 0 aliphatic rings. The molecule has 1 heterocycles. The van der Waals surface area contributed by atoms with Crippen LogP contribution in [0.4, 0.5) is 0 Å². The summed E-state index contributed by atoms with van der Waals surface area (Å²) in [4.78, 5) is 4.05. The van der Waals surface area contributed by atoms with E-state index in [1.807, 2.05) is 0 Å². The average Bonchev–Trinajstić information content (AvgIpc) is 2.42. The maximum absolute atomic E-state index is 12.2. The minimum absolute atomic E-state index is 0.0596. The van der Waals surface area contributed by atoms with Gasteiger partial charge in [-0.3, -0.25) is 0 Å². The minimum atomic E-state index is -3.54. The summed E-state index contributed by atoms with van der Waals surface area (Å²) in [6.45, 7) is 5.43. The first kappa shape index (κ1) is 17.0. The molecule has 1 rings (SSSR count). The fraction of sp³-hybridized carbons (Fsp3) is 0.615. The van der Waals surface area contributed by atoms with E-state index in [-0.39, 0.29) is 5.03 Å². The van der Waals surface area contributed by atoms with Gasteiger partial charge in [0.1, 0.15) is 0 Å². The topological polar surface area (TPSA) is 71.5 Å². The molecule has 1 aromatic rings. The SMILES string of the molecule is COCCN(C)S(=O)(=O)c1ccc(CNC(C)C)cn1. The first-order valence-corrected chi connectivity index (χ1v) is 7.95. The minimum Gasteiger partial charge on any atom is -0.383 e. The van der Waals surface area contributed by atoms with Crippen LogP contribution < -0.4 is 5.32 Å². The Morgan fingerprint density at radius 3 is 2.60 bits per heavy atom. The number of hydrogen-bond donors (Lipinski definition) is 1. The van der Waals surface area contributed by atoms with Gasteiger partial charge in [0.2, 0.25) is 0 Å². The summed E-state index contributed by atoms with van der Waals surface area (Å²) in [5.41, 5.74) is 0.956. The standard InChI is InChI=1S/C13H23N3O3S/c1-11(2)14-9-12-5-6-13(15-10-12)20(17,18)16(3)7-8-19-4/h5-6,10-11,14H,7-9H2,1-4H3. The van der Waals surface area contributed by atoms with Crippen molar-refractivity contribution in [3.05, 3.63) is 23.9 Å². The Labute approximate surface area is 121 Å². The molecule has 0 fully saturated rings. The van der Waals surface area contributed by atoms with Gasteiger partial charge < -0.3 is 10.1 Å². The van der Waals surface area contributed by atoms with Crippen molar-refractivity contribution in [1.29, 1.82) is 0 Å². The van der Waals surface area contributed by atoms with Gasteiger partial charge >= 0.3 is 0 Å².